The molecule has 0 bridgehead atoms. The average molecular weight is 202 g/mol. The SMILES string of the molecule is C[SH](C)c1ccc([SH](C)C)cc1. The Hall–Kier alpha value is -0.0800. The highest BCUT2D eigenvalue weighted by Gasteiger charge is 1.96. The smallest absolute Gasteiger partial charge is 0.0129 e. The molecular weight excluding hydrogens is 184 g/mol. The van der Waals surface area contributed by atoms with Gasteiger partial charge in [0.2, 0.25) is 0 Å². The zero-order valence-corrected chi connectivity index (χ0v) is 9.99. The summed E-state index contributed by atoms with van der Waals surface area (Å²) < 4.78 is 0. The molecule has 0 fully saturated rings. The molecule has 0 N–H and O–H groups in total. The van der Waals surface area contributed by atoms with Gasteiger partial charge in [0.25, 0.3) is 0 Å². The fraction of sp³-hybridized carbons (Fsp3) is 0.400. The molecule has 0 atom stereocenters. The molecule has 1 aromatic carbocycles. The van der Waals surface area contributed by atoms with Crippen LogP contribution in [0.15, 0.2) is 34.1 Å². The molecule has 0 aliphatic rings. The van der Waals surface area contributed by atoms with E-state index >= 15 is 0 Å². The van der Waals surface area contributed by atoms with Gasteiger partial charge < -0.3 is 0 Å². The van der Waals surface area contributed by atoms with Crippen molar-refractivity contribution < 1.29 is 0 Å². The first kappa shape index (κ1) is 10.0. The van der Waals surface area contributed by atoms with Crippen molar-refractivity contribution in [1.82, 2.24) is 0 Å². The Morgan fingerprint density at radius 1 is 0.667 bits per heavy atom. The molecule has 0 aliphatic carbocycles. The largest absolute Gasteiger partial charge is 0.233 e. The van der Waals surface area contributed by atoms with E-state index in [0.717, 1.165) is 0 Å². The van der Waals surface area contributed by atoms with E-state index in [1.165, 1.54) is 9.79 Å². The van der Waals surface area contributed by atoms with E-state index in [1.807, 2.05) is 0 Å². The van der Waals surface area contributed by atoms with E-state index in [1.54, 1.807) is 0 Å². The fourth-order valence-corrected chi connectivity index (χ4v) is 2.54. The Morgan fingerprint density at radius 2 is 0.917 bits per heavy atom. The summed E-state index contributed by atoms with van der Waals surface area (Å²) in [6, 6.07) is 9.12. The van der Waals surface area contributed by atoms with Crippen molar-refractivity contribution in [3.05, 3.63) is 24.3 Å². The number of hydrogen-bond acceptors (Lipinski definition) is 0. The molecule has 0 aliphatic heterocycles. The predicted molar refractivity (Wildman–Crippen MR) is 64.6 cm³/mol. The standard InChI is InChI=1S/C10H18S2/c1-11(2)9-5-7-10(8-6-9)12(3)4/h5-8,11-12H,1-4H3. The Kier molecular flexibility index (Phi) is 3.53. The van der Waals surface area contributed by atoms with Crippen molar-refractivity contribution in [3.63, 3.8) is 0 Å². The number of rotatable bonds is 2. The highest BCUT2D eigenvalue weighted by Crippen LogP contribution is 2.33. The summed E-state index contributed by atoms with van der Waals surface area (Å²) in [6.07, 6.45) is 9.19. The molecule has 0 nitrogen and oxygen atoms in total. The van der Waals surface area contributed by atoms with Gasteiger partial charge in [-0.05, 0) is 59.1 Å². The first-order valence-corrected chi connectivity index (χ1v) is 8.53. The van der Waals surface area contributed by atoms with Gasteiger partial charge in [0.05, 0.1) is 0 Å². The maximum absolute atomic E-state index is 2.30. The number of thiol groups is 2. The molecule has 0 radical (unpaired) electrons. The van der Waals surface area contributed by atoms with Gasteiger partial charge in [0.1, 0.15) is 0 Å². The summed E-state index contributed by atoms with van der Waals surface area (Å²) in [5, 5.41) is 0. The third-order valence-corrected chi connectivity index (χ3v) is 4.54. The van der Waals surface area contributed by atoms with Crippen LogP contribution < -0.4 is 0 Å². The van der Waals surface area contributed by atoms with Crippen molar-refractivity contribution >= 4 is 21.8 Å². The predicted octanol–water partition coefficient (Wildman–Crippen LogP) is 2.93. The quantitative estimate of drug-likeness (QED) is 0.677. The molecule has 0 amide bonds. The Balaban J connectivity index is 2.86. The maximum Gasteiger partial charge on any atom is -0.0129 e. The molecule has 0 saturated carbocycles. The van der Waals surface area contributed by atoms with Crippen LogP contribution in [0.2, 0.25) is 0 Å². The van der Waals surface area contributed by atoms with Gasteiger partial charge in [0, 0.05) is 0 Å². The molecule has 12 heavy (non-hydrogen) atoms. The van der Waals surface area contributed by atoms with E-state index in [4.69, 9.17) is 0 Å². The minimum absolute atomic E-state index is 0.0800. The lowest BCUT2D eigenvalue weighted by molar-refractivity contribution is 1.35. The van der Waals surface area contributed by atoms with Gasteiger partial charge in [-0.15, -0.1) is 0 Å². The minimum Gasteiger partial charge on any atom is -0.233 e. The topological polar surface area (TPSA) is 0 Å². The summed E-state index contributed by atoms with van der Waals surface area (Å²) in [5.41, 5.74) is 0. The fourth-order valence-electron chi connectivity index (χ4n) is 1.05. The first-order valence-electron chi connectivity index (χ1n) is 4.06. The Labute approximate surface area is 81.1 Å². The van der Waals surface area contributed by atoms with Crippen molar-refractivity contribution in [3.8, 4) is 0 Å². The Morgan fingerprint density at radius 3 is 1.08 bits per heavy atom. The van der Waals surface area contributed by atoms with Crippen molar-refractivity contribution in [1.29, 1.82) is 0 Å². The van der Waals surface area contributed by atoms with Crippen LogP contribution in [-0.4, -0.2) is 25.0 Å². The lowest BCUT2D eigenvalue weighted by atomic mass is 10.4. The first-order chi connectivity index (χ1) is 5.61. The summed E-state index contributed by atoms with van der Waals surface area (Å²) in [6.45, 7) is 0. The summed E-state index contributed by atoms with van der Waals surface area (Å²) >= 11 is 0. The molecule has 0 saturated heterocycles. The highest BCUT2D eigenvalue weighted by molar-refractivity contribution is 8.16. The van der Waals surface area contributed by atoms with Crippen LogP contribution in [0.5, 0.6) is 0 Å². The summed E-state index contributed by atoms with van der Waals surface area (Å²) in [4.78, 5) is 3.01. The van der Waals surface area contributed by atoms with Crippen LogP contribution in [0.25, 0.3) is 0 Å². The van der Waals surface area contributed by atoms with Gasteiger partial charge in [-0.2, -0.15) is 0 Å². The normalized spacial score (nSPS) is 12.7. The van der Waals surface area contributed by atoms with Gasteiger partial charge in [-0.25, -0.2) is 21.8 Å². The lowest BCUT2D eigenvalue weighted by Gasteiger charge is -2.13. The molecule has 70 valence electrons. The van der Waals surface area contributed by atoms with Gasteiger partial charge in [-0.1, -0.05) is 0 Å². The summed E-state index contributed by atoms with van der Waals surface area (Å²) in [5.74, 6) is 0. The van der Waals surface area contributed by atoms with Crippen LogP contribution in [-0.2, 0) is 0 Å². The minimum atomic E-state index is 0.0800. The third kappa shape index (κ3) is 2.46. The monoisotopic (exact) mass is 202 g/mol. The number of benzene rings is 1. The zero-order chi connectivity index (χ0) is 9.14. The second-order valence-corrected chi connectivity index (χ2v) is 7.92. The Bertz CT molecular complexity index is 210. The van der Waals surface area contributed by atoms with Crippen LogP contribution in [0.1, 0.15) is 0 Å². The number of hydrogen-bond donors (Lipinski definition) is 2. The van der Waals surface area contributed by atoms with Crippen LogP contribution >= 0.6 is 21.8 Å². The molecule has 2 heteroatoms. The highest BCUT2D eigenvalue weighted by atomic mass is 32.2. The zero-order valence-electron chi connectivity index (χ0n) is 8.20. The molecule has 1 rings (SSSR count). The van der Waals surface area contributed by atoms with Gasteiger partial charge in [0.15, 0.2) is 0 Å². The second kappa shape index (κ2) is 4.24. The van der Waals surface area contributed by atoms with E-state index in [2.05, 4.69) is 49.3 Å². The van der Waals surface area contributed by atoms with Crippen LogP contribution in [0.3, 0.4) is 0 Å². The molecular formula is C10H18S2. The second-order valence-electron chi connectivity index (χ2n) is 3.31. The van der Waals surface area contributed by atoms with E-state index in [0.29, 0.717) is 0 Å². The molecule has 0 heterocycles. The molecule has 1 aromatic rings. The molecule has 0 spiro atoms. The molecule has 0 aromatic heterocycles. The van der Waals surface area contributed by atoms with Gasteiger partial charge >= 0.3 is 0 Å². The third-order valence-electron chi connectivity index (χ3n) is 1.88. The van der Waals surface area contributed by atoms with Crippen LogP contribution in [0, 0.1) is 0 Å². The van der Waals surface area contributed by atoms with E-state index in [-0.39, 0.29) is 21.8 Å². The molecule has 0 unspecified atom stereocenters. The average Bonchev–Trinajstić information content (AvgIpc) is 2.04. The van der Waals surface area contributed by atoms with Crippen molar-refractivity contribution in [2.75, 3.05) is 25.0 Å². The summed E-state index contributed by atoms with van der Waals surface area (Å²) in [7, 11) is 0.160. The van der Waals surface area contributed by atoms with Crippen LogP contribution in [0.4, 0.5) is 0 Å². The lowest BCUT2D eigenvalue weighted by Crippen LogP contribution is -1.80. The van der Waals surface area contributed by atoms with E-state index in [9.17, 15) is 0 Å². The van der Waals surface area contributed by atoms with E-state index < -0.39 is 0 Å². The maximum atomic E-state index is 2.30. The van der Waals surface area contributed by atoms with Crippen molar-refractivity contribution in [2.24, 2.45) is 0 Å². The van der Waals surface area contributed by atoms with Crippen molar-refractivity contribution in [2.45, 2.75) is 9.79 Å². The van der Waals surface area contributed by atoms with Gasteiger partial charge in [-0.3, -0.25) is 0 Å².